The lowest BCUT2D eigenvalue weighted by atomic mass is 9.97. The van der Waals surface area contributed by atoms with Crippen molar-refractivity contribution in [2.45, 2.75) is 12.8 Å². The summed E-state index contributed by atoms with van der Waals surface area (Å²) >= 11 is 0. The molecule has 1 fully saturated rings. The zero-order valence-corrected chi connectivity index (χ0v) is 13.1. The van der Waals surface area contributed by atoms with Crippen LogP contribution in [0.2, 0.25) is 0 Å². The van der Waals surface area contributed by atoms with E-state index in [0.717, 1.165) is 30.8 Å². The predicted octanol–water partition coefficient (Wildman–Crippen LogP) is 2.34. The fraction of sp³-hybridized carbons (Fsp3) is 0.353. The fourth-order valence-electron chi connectivity index (χ4n) is 2.77. The van der Waals surface area contributed by atoms with Gasteiger partial charge in [0.2, 0.25) is 11.9 Å². The molecule has 1 saturated heterocycles. The molecule has 6 nitrogen and oxygen atoms in total. The van der Waals surface area contributed by atoms with Crippen LogP contribution >= 0.6 is 0 Å². The number of hydrogen-bond donors (Lipinski definition) is 1. The molecule has 0 aliphatic carbocycles. The second-order valence-corrected chi connectivity index (χ2v) is 5.56. The van der Waals surface area contributed by atoms with Crippen molar-refractivity contribution in [3.8, 4) is 5.75 Å². The van der Waals surface area contributed by atoms with Crippen LogP contribution in [0.5, 0.6) is 5.75 Å². The molecule has 1 aliphatic heterocycles. The number of amides is 1. The summed E-state index contributed by atoms with van der Waals surface area (Å²) < 4.78 is 5.18. The average molecular weight is 312 g/mol. The van der Waals surface area contributed by atoms with Gasteiger partial charge in [0, 0.05) is 37.2 Å². The molecule has 1 atom stereocenters. The molecule has 23 heavy (non-hydrogen) atoms. The van der Waals surface area contributed by atoms with Crippen molar-refractivity contribution in [1.29, 1.82) is 0 Å². The average Bonchev–Trinajstić information content (AvgIpc) is 2.63. The maximum atomic E-state index is 12.5. The summed E-state index contributed by atoms with van der Waals surface area (Å²) in [6.45, 7) is 1.52. The van der Waals surface area contributed by atoms with Crippen molar-refractivity contribution >= 4 is 17.5 Å². The van der Waals surface area contributed by atoms with Gasteiger partial charge in [-0.25, -0.2) is 9.97 Å². The highest BCUT2D eigenvalue weighted by atomic mass is 16.5. The van der Waals surface area contributed by atoms with Gasteiger partial charge in [-0.05, 0) is 31.0 Å². The fourth-order valence-corrected chi connectivity index (χ4v) is 2.77. The Morgan fingerprint density at radius 2 is 2.13 bits per heavy atom. The van der Waals surface area contributed by atoms with E-state index in [1.807, 2.05) is 24.3 Å². The molecular formula is C17H20N4O2. The lowest BCUT2D eigenvalue weighted by Crippen LogP contribution is -2.41. The number of hydrogen-bond acceptors (Lipinski definition) is 5. The minimum absolute atomic E-state index is 0.0267. The molecule has 6 heteroatoms. The summed E-state index contributed by atoms with van der Waals surface area (Å²) in [5.74, 6) is 1.37. The molecule has 2 heterocycles. The molecule has 0 bridgehead atoms. The van der Waals surface area contributed by atoms with Crippen LogP contribution in [0.15, 0.2) is 42.7 Å². The highest BCUT2D eigenvalue weighted by Crippen LogP contribution is 2.22. The van der Waals surface area contributed by atoms with Gasteiger partial charge in [-0.2, -0.15) is 0 Å². The van der Waals surface area contributed by atoms with Crippen LogP contribution in [0.3, 0.4) is 0 Å². The van der Waals surface area contributed by atoms with E-state index in [2.05, 4.69) is 20.2 Å². The molecule has 0 unspecified atom stereocenters. The molecule has 0 saturated carbocycles. The third-order valence-corrected chi connectivity index (χ3v) is 3.96. The summed E-state index contributed by atoms with van der Waals surface area (Å²) in [6, 6.07) is 9.19. The van der Waals surface area contributed by atoms with E-state index in [0.29, 0.717) is 12.5 Å². The number of carbonyl (C=O) groups excluding carboxylic acids is 1. The Morgan fingerprint density at radius 1 is 1.30 bits per heavy atom. The highest BCUT2D eigenvalue weighted by molar-refractivity contribution is 5.93. The molecular weight excluding hydrogens is 292 g/mol. The summed E-state index contributed by atoms with van der Waals surface area (Å²) in [6.07, 6.45) is 5.28. The molecule has 1 amide bonds. The number of methoxy groups -OCH3 is 1. The molecule has 0 radical (unpaired) electrons. The van der Waals surface area contributed by atoms with Gasteiger partial charge >= 0.3 is 0 Å². The first-order valence-electron chi connectivity index (χ1n) is 7.73. The van der Waals surface area contributed by atoms with E-state index < -0.39 is 0 Å². The van der Waals surface area contributed by atoms with E-state index in [1.54, 1.807) is 25.6 Å². The van der Waals surface area contributed by atoms with Crippen molar-refractivity contribution < 1.29 is 9.53 Å². The quantitative estimate of drug-likeness (QED) is 0.938. The number of anilines is 2. The number of aromatic nitrogens is 2. The number of ether oxygens (including phenoxy) is 1. The predicted molar refractivity (Wildman–Crippen MR) is 88.6 cm³/mol. The minimum Gasteiger partial charge on any atom is -0.497 e. The van der Waals surface area contributed by atoms with E-state index in [9.17, 15) is 4.79 Å². The Hall–Kier alpha value is -2.63. The number of rotatable bonds is 4. The van der Waals surface area contributed by atoms with Gasteiger partial charge in [-0.15, -0.1) is 0 Å². The summed E-state index contributed by atoms with van der Waals surface area (Å²) in [5, 5.41) is 2.97. The Morgan fingerprint density at radius 3 is 2.91 bits per heavy atom. The Labute approximate surface area is 135 Å². The smallest absolute Gasteiger partial charge is 0.229 e. The SMILES string of the molecule is COc1cccc(NC(=O)[C@@H]2CCCN(c3ncccn3)C2)c1. The number of nitrogens with one attached hydrogen (secondary N) is 1. The van der Waals surface area contributed by atoms with Crippen LogP contribution in [-0.4, -0.2) is 36.1 Å². The van der Waals surface area contributed by atoms with Crippen LogP contribution < -0.4 is 15.0 Å². The van der Waals surface area contributed by atoms with Gasteiger partial charge in [0.25, 0.3) is 0 Å². The van der Waals surface area contributed by atoms with Crippen molar-refractivity contribution in [2.75, 3.05) is 30.4 Å². The molecule has 120 valence electrons. The van der Waals surface area contributed by atoms with Gasteiger partial charge in [0.1, 0.15) is 5.75 Å². The Bertz CT molecular complexity index is 663. The number of carbonyl (C=O) groups is 1. The molecule has 1 aliphatic rings. The van der Waals surface area contributed by atoms with Crippen LogP contribution in [0.4, 0.5) is 11.6 Å². The van der Waals surface area contributed by atoms with Gasteiger partial charge in [-0.3, -0.25) is 4.79 Å². The van der Waals surface area contributed by atoms with E-state index in [4.69, 9.17) is 4.74 Å². The summed E-state index contributed by atoms with van der Waals surface area (Å²) in [4.78, 5) is 23.1. The monoisotopic (exact) mass is 312 g/mol. The molecule has 1 aromatic carbocycles. The summed E-state index contributed by atoms with van der Waals surface area (Å²) in [7, 11) is 1.61. The lowest BCUT2D eigenvalue weighted by molar-refractivity contribution is -0.120. The van der Waals surface area contributed by atoms with Crippen molar-refractivity contribution in [2.24, 2.45) is 5.92 Å². The van der Waals surface area contributed by atoms with Crippen molar-refractivity contribution in [3.63, 3.8) is 0 Å². The zero-order valence-electron chi connectivity index (χ0n) is 13.1. The van der Waals surface area contributed by atoms with Crippen LogP contribution in [0.1, 0.15) is 12.8 Å². The molecule has 3 rings (SSSR count). The van der Waals surface area contributed by atoms with E-state index in [-0.39, 0.29) is 11.8 Å². The van der Waals surface area contributed by atoms with Gasteiger partial charge in [0.15, 0.2) is 0 Å². The lowest BCUT2D eigenvalue weighted by Gasteiger charge is -2.31. The van der Waals surface area contributed by atoms with Crippen LogP contribution in [0.25, 0.3) is 0 Å². The highest BCUT2D eigenvalue weighted by Gasteiger charge is 2.27. The first-order valence-corrected chi connectivity index (χ1v) is 7.73. The normalized spacial score (nSPS) is 17.6. The Kier molecular flexibility index (Phi) is 4.71. The second kappa shape index (κ2) is 7.09. The molecule has 0 spiro atoms. The summed E-state index contributed by atoms with van der Waals surface area (Å²) in [5.41, 5.74) is 0.752. The van der Waals surface area contributed by atoms with E-state index in [1.165, 1.54) is 0 Å². The minimum atomic E-state index is -0.0706. The molecule has 1 N–H and O–H groups in total. The third kappa shape index (κ3) is 3.77. The van der Waals surface area contributed by atoms with Gasteiger partial charge < -0.3 is 15.0 Å². The number of piperidine rings is 1. The maximum absolute atomic E-state index is 12.5. The third-order valence-electron chi connectivity index (χ3n) is 3.96. The number of benzene rings is 1. The first-order chi connectivity index (χ1) is 11.3. The maximum Gasteiger partial charge on any atom is 0.229 e. The zero-order chi connectivity index (χ0) is 16.1. The van der Waals surface area contributed by atoms with Crippen molar-refractivity contribution in [3.05, 3.63) is 42.7 Å². The van der Waals surface area contributed by atoms with Gasteiger partial charge in [-0.1, -0.05) is 6.07 Å². The standard InChI is InChI=1S/C17H20N4O2/c1-23-15-7-2-6-14(11-15)20-16(22)13-5-3-10-21(12-13)17-18-8-4-9-19-17/h2,4,6-9,11,13H,3,5,10,12H2,1H3,(H,20,22)/t13-/m1/s1. The topological polar surface area (TPSA) is 67.3 Å². The van der Waals surface area contributed by atoms with Crippen LogP contribution in [-0.2, 0) is 4.79 Å². The van der Waals surface area contributed by atoms with Crippen molar-refractivity contribution in [1.82, 2.24) is 9.97 Å². The second-order valence-electron chi connectivity index (χ2n) is 5.56. The number of nitrogens with zero attached hydrogens (tertiary/aromatic N) is 3. The first kappa shape index (κ1) is 15.3. The van der Waals surface area contributed by atoms with E-state index >= 15 is 0 Å². The molecule has 1 aromatic heterocycles. The van der Waals surface area contributed by atoms with Gasteiger partial charge in [0.05, 0.1) is 13.0 Å². The van der Waals surface area contributed by atoms with Crippen LogP contribution in [0, 0.1) is 5.92 Å². The Balaban J connectivity index is 1.65. The largest absolute Gasteiger partial charge is 0.497 e. The molecule has 2 aromatic rings.